The van der Waals surface area contributed by atoms with E-state index in [-0.39, 0.29) is 0 Å². The summed E-state index contributed by atoms with van der Waals surface area (Å²) in [7, 11) is 0. The van der Waals surface area contributed by atoms with Gasteiger partial charge in [0.05, 0.1) is 5.16 Å². The third-order valence-electron chi connectivity index (χ3n) is 3.69. The first-order valence-corrected chi connectivity index (χ1v) is 7.49. The van der Waals surface area contributed by atoms with Crippen molar-refractivity contribution >= 4 is 23.1 Å². The fourth-order valence-electron chi connectivity index (χ4n) is 2.26. The minimum absolute atomic E-state index is 0.486. The predicted octanol–water partition coefficient (Wildman–Crippen LogP) is 5.25. The van der Waals surface area contributed by atoms with Crippen molar-refractivity contribution in [2.24, 2.45) is 4.99 Å². The van der Waals surface area contributed by atoms with Gasteiger partial charge in [-0.15, -0.1) is 0 Å². The van der Waals surface area contributed by atoms with Gasteiger partial charge < -0.3 is 0 Å². The standard InChI is InChI=1S/C18H9F4NS/c19-14-13(15(20)17(22)18(16(14)21)23-9-24)8-3-10-1-4-11(5-2-10)12-6-7-12/h1-2,4-5,12H,6-7H2. The second kappa shape index (κ2) is 6.56. The SMILES string of the molecule is Fc1c(F)c(N=C=S)c(F)c(F)c1C#Cc1ccc(C2CC2)cc1. The Morgan fingerprint density at radius 2 is 1.46 bits per heavy atom. The molecule has 0 unspecified atom stereocenters. The molecule has 6 heteroatoms. The summed E-state index contributed by atoms with van der Waals surface area (Å²) in [6.07, 6.45) is 2.30. The molecule has 24 heavy (non-hydrogen) atoms. The van der Waals surface area contributed by atoms with Gasteiger partial charge in [-0.2, -0.15) is 4.99 Å². The van der Waals surface area contributed by atoms with Crippen molar-refractivity contribution in [1.29, 1.82) is 0 Å². The maximum absolute atomic E-state index is 13.9. The van der Waals surface area contributed by atoms with Gasteiger partial charge in [0, 0.05) is 5.56 Å². The van der Waals surface area contributed by atoms with Crippen LogP contribution in [-0.4, -0.2) is 5.16 Å². The molecule has 120 valence electrons. The van der Waals surface area contributed by atoms with Crippen molar-refractivity contribution in [2.45, 2.75) is 18.8 Å². The molecular formula is C18H9F4NS. The highest BCUT2D eigenvalue weighted by atomic mass is 32.1. The van der Waals surface area contributed by atoms with Crippen molar-refractivity contribution < 1.29 is 17.6 Å². The highest BCUT2D eigenvalue weighted by Crippen LogP contribution is 2.39. The lowest BCUT2D eigenvalue weighted by atomic mass is 10.1. The summed E-state index contributed by atoms with van der Waals surface area (Å²) in [4.78, 5) is 3.01. The van der Waals surface area contributed by atoms with E-state index in [2.05, 4.69) is 29.1 Å². The molecule has 0 atom stereocenters. The Balaban J connectivity index is 2.00. The van der Waals surface area contributed by atoms with Crippen LogP contribution in [0.1, 0.15) is 35.4 Å². The Kier molecular flexibility index (Phi) is 4.48. The van der Waals surface area contributed by atoms with Crippen molar-refractivity contribution in [3.8, 4) is 11.8 Å². The Morgan fingerprint density at radius 1 is 0.875 bits per heavy atom. The predicted molar refractivity (Wildman–Crippen MR) is 85.4 cm³/mol. The minimum atomic E-state index is -1.65. The van der Waals surface area contributed by atoms with Gasteiger partial charge in [-0.3, -0.25) is 0 Å². The number of aliphatic imine (C=N–C) groups is 1. The Bertz CT molecular complexity index is 886. The molecule has 0 spiro atoms. The van der Waals surface area contributed by atoms with Crippen LogP contribution in [0.2, 0.25) is 0 Å². The quantitative estimate of drug-likeness (QED) is 0.237. The van der Waals surface area contributed by atoms with Crippen LogP contribution >= 0.6 is 12.2 Å². The first kappa shape index (κ1) is 16.4. The van der Waals surface area contributed by atoms with E-state index in [1.807, 2.05) is 12.1 Å². The van der Waals surface area contributed by atoms with Gasteiger partial charge in [-0.05, 0) is 48.7 Å². The average molecular weight is 347 g/mol. The van der Waals surface area contributed by atoms with Crippen LogP contribution < -0.4 is 0 Å². The van der Waals surface area contributed by atoms with E-state index in [9.17, 15) is 17.6 Å². The summed E-state index contributed by atoms with van der Waals surface area (Å²) in [6.45, 7) is 0. The van der Waals surface area contributed by atoms with Gasteiger partial charge in [-0.25, -0.2) is 17.6 Å². The molecule has 1 nitrogen and oxygen atoms in total. The largest absolute Gasteiger partial charge is 0.202 e. The highest BCUT2D eigenvalue weighted by Gasteiger charge is 2.24. The average Bonchev–Trinajstić information content (AvgIpc) is 3.42. The van der Waals surface area contributed by atoms with Gasteiger partial charge in [0.25, 0.3) is 0 Å². The molecule has 0 amide bonds. The maximum Gasteiger partial charge on any atom is 0.189 e. The molecule has 0 heterocycles. The minimum Gasteiger partial charge on any atom is -0.202 e. The Hall–Kier alpha value is -2.48. The van der Waals surface area contributed by atoms with Gasteiger partial charge in [0.15, 0.2) is 29.0 Å². The second-order valence-electron chi connectivity index (χ2n) is 5.33. The van der Waals surface area contributed by atoms with Crippen LogP contribution in [0.15, 0.2) is 29.3 Å². The molecule has 2 aromatic rings. The first-order valence-electron chi connectivity index (χ1n) is 7.08. The first-order chi connectivity index (χ1) is 11.5. The molecule has 0 aliphatic heterocycles. The van der Waals surface area contributed by atoms with E-state index in [0.29, 0.717) is 11.5 Å². The van der Waals surface area contributed by atoms with Crippen LogP contribution in [0.3, 0.4) is 0 Å². The van der Waals surface area contributed by atoms with Crippen molar-refractivity contribution in [3.05, 3.63) is 64.2 Å². The lowest BCUT2D eigenvalue weighted by Gasteiger charge is -2.04. The number of hydrogen-bond acceptors (Lipinski definition) is 2. The Morgan fingerprint density at radius 3 is 1.96 bits per heavy atom. The fraction of sp³-hybridized carbons (Fsp3) is 0.167. The van der Waals surface area contributed by atoms with Crippen molar-refractivity contribution in [1.82, 2.24) is 0 Å². The number of halogens is 4. The van der Waals surface area contributed by atoms with E-state index in [1.54, 1.807) is 17.3 Å². The zero-order chi connectivity index (χ0) is 17.3. The third kappa shape index (κ3) is 3.09. The number of nitrogens with zero attached hydrogens (tertiary/aromatic N) is 1. The molecule has 2 aromatic carbocycles. The molecule has 0 bridgehead atoms. The van der Waals surface area contributed by atoms with E-state index in [0.717, 1.165) is 12.8 Å². The summed E-state index contributed by atoms with van der Waals surface area (Å²) < 4.78 is 55.3. The maximum atomic E-state index is 13.9. The summed E-state index contributed by atoms with van der Waals surface area (Å²) in [5, 5.41) is 1.68. The number of benzene rings is 2. The normalized spacial score (nSPS) is 13.0. The highest BCUT2D eigenvalue weighted by molar-refractivity contribution is 7.78. The summed E-state index contributed by atoms with van der Waals surface area (Å²) >= 11 is 4.20. The van der Waals surface area contributed by atoms with Gasteiger partial charge in [0.2, 0.25) is 0 Å². The molecule has 0 N–H and O–H groups in total. The second-order valence-corrected chi connectivity index (χ2v) is 5.51. The van der Waals surface area contributed by atoms with Crippen molar-refractivity contribution in [3.63, 3.8) is 0 Å². The molecule has 1 aliphatic carbocycles. The number of thiocarbonyl (C=S) groups is 1. The molecule has 1 saturated carbocycles. The molecular weight excluding hydrogens is 338 g/mol. The zero-order valence-corrected chi connectivity index (χ0v) is 13.0. The van der Waals surface area contributed by atoms with E-state index in [1.165, 1.54) is 5.56 Å². The third-order valence-corrected chi connectivity index (χ3v) is 3.78. The molecule has 0 aromatic heterocycles. The van der Waals surface area contributed by atoms with Crippen molar-refractivity contribution in [2.75, 3.05) is 0 Å². The van der Waals surface area contributed by atoms with Gasteiger partial charge in [-0.1, -0.05) is 24.0 Å². The molecule has 3 rings (SSSR count). The summed E-state index contributed by atoms with van der Waals surface area (Å²) in [5.41, 5.74) is -0.476. The lowest BCUT2D eigenvalue weighted by molar-refractivity contribution is 0.454. The van der Waals surface area contributed by atoms with E-state index < -0.39 is 34.5 Å². The Labute approximate surface area is 141 Å². The summed E-state index contributed by atoms with van der Waals surface area (Å²) in [5.74, 6) is -1.31. The van der Waals surface area contributed by atoms with Crippen LogP contribution in [0.5, 0.6) is 0 Å². The van der Waals surface area contributed by atoms with Gasteiger partial charge >= 0.3 is 0 Å². The van der Waals surface area contributed by atoms with E-state index >= 15 is 0 Å². The molecule has 0 radical (unpaired) electrons. The van der Waals surface area contributed by atoms with Crippen LogP contribution in [0.4, 0.5) is 23.2 Å². The van der Waals surface area contributed by atoms with Crippen LogP contribution in [0.25, 0.3) is 0 Å². The van der Waals surface area contributed by atoms with E-state index in [4.69, 9.17) is 0 Å². The fourth-order valence-corrected chi connectivity index (χ4v) is 2.35. The number of rotatable bonds is 2. The molecule has 1 aliphatic rings. The topological polar surface area (TPSA) is 12.4 Å². The molecule has 0 saturated heterocycles. The number of hydrogen-bond donors (Lipinski definition) is 0. The lowest BCUT2D eigenvalue weighted by Crippen LogP contribution is -2.00. The summed E-state index contributed by atoms with van der Waals surface area (Å²) in [6, 6.07) is 7.17. The van der Waals surface area contributed by atoms with Crippen LogP contribution in [0, 0.1) is 35.1 Å². The van der Waals surface area contributed by atoms with Crippen LogP contribution in [-0.2, 0) is 0 Å². The number of isothiocyanates is 1. The van der Waals surface area contributed by atoms with Gasteiger partial charge in [0.1, 0.15) is 5.56 Å². The molecule has 1 fully saturated rings. The smallest absolute Gasteiger partial charge is 0.189 e. The monoisotopic (exact) mass is 347 g/mol. The zero-order valence-electron chi connectivity index (χ0n) is 12.2.